The summed E-state index contributed by atoms with van der Waals surface area (Å²) in [6.45, 7) is 0.0110. The number of carbonyl (C=O) groups is 2. The molecule has 5 nitrogen and oxygen atoms in total. The van der Waals surface area contributed by atoms with Crippen LogP contribution in [0.5, 0.6) is 0 Å². The molecule has 92 valence electrons. The second-order valence-electron chi connectivity index (χ2n) is 3.80. The molecule has 0 aromatic carbocycles. The number of hydrogen-bond donors (Lipinski definition) is 0. The fourth-order valence-electron chi connectivity index (χ4n) is 1.16. The van der Waals surface area contributed by atoms with Crippen LogP contribution >= 0.6 is 11.6 Å². The number of rotatable bonds is 3. The summed E-state index contributed by atoms with van der Waals surface area (Å²) in [7, 11) is 4.82. The highest BCUT2D eigenvalue weighted by Crippen LogP contribution is 2.15. The normalized spacial score (nSPS) is 9.88. The van der Waals surface area contributed by atoms with Gasteiger partial charge in [-0.15, -0.1) is 0 Å². The van der Waals surface area contributed by atoms with Gasteiger partial charge in [-0.3, -0.25) is 14.6 Å². The van der Waals surface area contributed by atoms with Crippen LogP contribution in [0.4, 0.5) is 0 Å². The van der Waals surface area contributed by atoms with Crippen LogP contribution in [-0.4, -0.2) is 54.3 Å². The number of halogens is 1. The van der Waals surface area contributed by atoms with Gasteiger partial charge in [0.2, 0.25) is 5.91 Å². The van der Waals surface area contributed by atoms with Gasteiger partial charge in [-0.05, 0) is 6.07 Å². The van der Waals surface area contributed by atoms with Crippen molar-refractivity contribution in [2.75, 3.05) is 27.7 Å². The Labute approximate surface area is 105 Å². The first kappa shape index (κ1) is 13.4. The molecule has 0 fully saturated rings. The van der Waals surface area contributed by atoms with E-state index in [1.54, 1.807) is 21.1 Å². The SMILES string of the molecule is CN(C)C(=O)CN(C)C(=O)c1cnccc1Cl. The maximum Gasteiger partial charge on any atom is 0.257 e. The second kappa shape index (κ2) is 5.63. The van der Waals surface area contributed by atoms with E-state index < -0.39 is 0 Å². The molecule has 6 heteroatoms. The highest BCUT2D eigenvalue weighted by molar-refractivity contribution is 6.33. The van der Waals surface area contributed by atoms with Gasteiger partial charge in [-0.25, -0.2) is 0 Å². The quantitative estimate of drug-likeness (QED) is 0.806. The van der Waals surface area contributed by atoms with Crippen molar-refractivity contribution in [2.45, 2.75) is 0 Å². The van der Waals surface area contributed by atoms with Crippen LogP contribution in [0.2, 0.25) is 5.02 Å². The van der Waals surface area contributed by atoms with E-state index >= 15 is 0 Å². The zero-order chi connectivity index (χ0) is 13.0. The lowest BCUT2D eigenvalue weighted by molar-refractivity contribution is -0.129. The van der Waals surface area contributed by atoms with Crippen molar-refractivity contribution in [3.8, 4) is 0 Å². The lowest BCUT2D eigenvalue weighted by atomic mass is 10.2. The third-order valence-electron chi connectivity index (χ3n) is 2.22. The van der Waals surface area contributed by atoms with Gasteiger partial charge in [-0.1, -0.05) is 11.6 Å². The van der Waals surface area contributed by atoms with Gasteiger partial charge >= 0.3 is 0 Å². The number of amides is 2. The van der Waals surface area contributed by atoms with E-state index in [2.05, 4.69) is 4.98 Å². The molecular formula is C11H14ClN3O2. The molecule has 0 aliphatic rings. The predicted molar refractivity (Wildman–Crippen MR) is 64.9 cm³/mol. The molecular weight excluding hydrogens is 242 g/mol. The molecule has 2 amide bonds. The van der Waals surface area contributed by atoms with E-state index in [0.29, 0.717) is 10.6 Å². The summed E-state index contributed by atoms with van der Waals surface area (Å²) < 4.78 is 0. The summed E-state index contributed by atoms with van der Waals surface area (Å²) in [5, 5.41) is 0.328. The summed E-state index contributed by atoms with van der Waals surface area (Å²) in [4.78, 5) is 30.0. The molecule has 1 heterocycles. The van der Waals surface area contributed by atoms with Crippen molar-refractivity contribution in [1.82, 2.24) is 14.8 Å². The third kappa shape index (κ3) is 3.42. The van der Waals surface area contributed by atoms with Crippen molar-refractivity contribution in [1.29, 1.82) is 0 Å². The average molecular weight is 256 g/mol. The molecule has 0 radical (unpaired) electrons. The molecule has 0 bridgehead atoms. The monoisotopic (exact) mass is 255 g/mol. The molecule has 0 N–H and O–H groups in total. The Bertz CT molecular complexity index is 434. The summed E-state index contributed by atoms with van der Waals surface area (Å²) in [5.74, 6) is -0.473. The van der Waals surface area contributed by atoms with Crippen LogP contribution in [0.1, 0.15) is 10.4 Å². The Morgan fingerprint density at radius 3 is 2.53 bits per heavy atom. The molecule has 1 rings (SSSR count). The Morgan fingerprint density at radius 1 is 1.35 bits per heavy atom. The average Bonchev–Trinajstić information content (AvgIpc) is 2.28. The van der Waals surface area contributed by atoms with E-state index in [4.69, 9.17) is 11.6 Å². The van der Waals surface area contributed by atoms with Crippen LogP contribution in [0, 0.1) is 0 Å². The van der Waals surface area contributed by atoms with Crippen LogP contribution in [0.3, 0.4) is 0 Å². The molecule has 1 aromatic heterocycles. The molecule has 0 unspecified atom stereocenters. The highest BCUT2D eigenvalue weighted by Gasteiger charge is 2.18. The van der Waals surface area contributed by atoms with Gasteiger partial charge in [0.1, 0.15) is 0 Å². The Balaban J connectivity index is 2.77. The van der Waals surface area contributed by atoms with E-state index in [1.807, 2.05) is 0 Å². The zero-order valence-corrected chi connectivity index (χ0v) is 10.7. The van der Waals surface area contributed by atoms with Crippen molar-refractivity contribution in [2.24, 2.45) is 0 Å². The van der Waals surface area contributed by atoms with Gasteiger partial charge in [0.25, 0.3) is 5.91 Å². The Kier molecular flexibility index (Phi) is 4.45. The maximum atomic E-state index is 12.0. The van der Waals surface area contributed by atoms with E-state index in [9.17, 15) is 9.59 Å². The highest BCUT2D eigenvalue weighted by atomic mass is 35.5. The van der Waals surface area contributed by atoms with Crippen LogP contribution < -0.4 is 0 Å². The molecule has 0 saturated carbocycles. The van der Waals surface area contributed by atoms with Crippen LogP contribution in [0.25, 0.3) is 0 Å². The van der Waals surface area contributed by atoms with E-state index in [-0.39, 0.29) is 18.4 Å². The Hall–Kier alpha value is -1.62. The fourth-order valence-corrected chi connectivity index (χ4v) is 1.34. The predicted octanol–water partition coefficient (Wildman–Crippen LogP) is 0.895. The molecule has 0 aliphatic carbocycles. The van der Waals surface area contributed by atoms with Gasteiger partial charge in [0.15, 0.2) is 0 Å². The standard InChI is InChI=1S/C11H14ClN3O2/c1-14(2)10(16)7-15(3)11(17)8-6-13-5-4-9(8)12/h4-6H,7H2,1-3H3. The number of pyridine rings is 1. The number of hydrogen-bond acceptors (Lipinski definition) is 3. The number of likely N-dealkylation sites (N-methyl/N-ethyl adjacent to an activating group) is 2. The topological polar surface area (TPSA) is 53.5 Å². The number of carbonyl (C=O) groups excluding carboxylic acids is 2. The zero-order valence-electron chi connectivity index (χ0n) is 9.98. The maximum absolute atomic E-state index is 12.0. The summed E-state index contributed by atoms with van der Waals surface area (Å²) in [5.41, 5.74) is 0.295. The summed E-state index contributed by atoms with van der Waals surface area (Å²) in [6, 6.07) is 1.54. The minimum Gasteiger partial charge on any atom is -0.347 e. The lowest BCUT2D eigenvalue weighted by Gasteiger charge is -2.19. The molecule has 1 aromatic rings. The summed E-state index contributed by atoms with van der Waals surface area (Å²) >= 11 is 5.88. The van der Waals surface area contributed by atoms with Gasteiger partial charge in [0.05, 0.1) is 17.1 Å². The van der Waals surface area contributed by atoms with E-state index in [0.717, 1.165) is 0 Å². The second-order valence-corrected chi connectivity index (χ2v) is 4.21. The van der Waals surface area contributed by atoms with Crippen LogP contribution in [-0.2, 0) is 4.79 Å². The smallest absolute Gasteiger partial charge is 0.257 e. The van der Waals surface area contributed by atoms with Gasteiger partial charge in [0, 0.05) is 33.5 Å². The number of nitrogens with zero attached hydrogens (tertiary/aromatic N) is 3. The molecule has 0 atom stereocenters. The third-order valence-corrected chi connectivity index (χ3v) is 2.55. The lowest BCUT2D eigenvalue weighted by Crippen LogP contribution is -2.37. The molecule has 17 heavy (non-hydrogen) atoms. The molecule has 0 aliphatic heterocycles. The number of aromatic nitrogens is 1. The minimum atomic E-state index is -0.321. The van der Waals surface area contributed by atoms with Crippen molar-refractivity contribution >= 4 is 23.4 Å². The minimum absolute atomic E-state index is 0.0110. The largest absolute Gasteiger partial charge is 0.347 e. The van der Waals surface area contributed by atoms with Crippen molar-refractivity contribution < 1.29 is 9.59 Å². The first-order chi connectivity index (χ1) is 7.93. The van der Waals surface area contributed by atoms with Crippen LogP contribution in [0.15, 0.2) is 18.5 Å². The molecule has 0 spiro atoms. The Morgan fingerprint density at radius 2 is 2.00 bits per heavy atom. The first-order valence-electron chi connectivity index (χ1n) is 4.98. The van der Waals surface area contributed by atoms with E-state index in [1.165, 1.54) is 28.3 Å². The van der Waals surface area contributed by atoms with Crippen molar-refractivity contribution in [3.63, 3.8) is 0 Å². The molecule has 0 saturated heterocycles. The first-order valence-corrected chi connectivity index (χ1v) is 5.36. The van der Waals surface area contributed by atoms with Gasteiger partial charge < -0.3 is 9.80 Å². The summed E-state index contributed by atoms with van der Waals surface area (Å²) in [6.07, 6.45) is 2.89. The van der Waals surface area contributed by atoms with Crippen molar-refractivity contribution in [3.05, 3.63) is 29.0 Å². The fraction of sp³-hybridized carbons (Fsp3) is 0.364. The van der Waals surface area contributed by atoms with Gasteiger partial charge in [-0.2, -0.15) is 0 Å².